The summed E-state index contributed by atoms with van der Waals surface area (Å²) in [5.41, 5.74) is 1.78. The van der Waals surface area contributed by atoms with Gasteiger partial charge < -0.3 is 10.7 Å². The molecule has 0 aliphatic rings. The lowest BCUT2D eigenvalue weighted by Crippen LogP contribution is -2.08. The minimum absolute atomic E-state index is 0.868. The van der Waals surface area contributed by atoms with Gasteiger partial charge in [-0.15, -0.1) is 0 Å². The second-order valence-electron chi connectivity index (χ2n) is 1.95. The third-order valence-corrected chi connectivity index (χ3v) is 1.33. The zero-order valence-corrected chi connectivity index (χ0v) is 7.02. The summed E-state index contributed by atoms with van der Waals surface area (Å²) in [6, 6.07) is 0. The fourth-order valence-electron chi connectivity index (χ4n) is 0.758. The lowest BCUT2D eigenvalue weighted by Gasteiger charge is -2.04. The van der Waals surface area contributed by atoms with Crippen LogP contribution in [0.25, 0.3) is 0 Å². The summed E-state index contributed by atoms with van der Waals surface area (Å²) in [7, 11) is 1.82. The van der Waals surface area contributed by atoms with E-state index >= 15 is 0 Å². The van der Waals surface area contributed by atoms with Crippen LogP contribution in [-0.2, 0) is 0 Å². The molecular weight excluding hydrogens is 136 g/mol. The highest BCUT2D eigenvalue weighted by atomic mass is 14.8. The minimum Gasteiger partial charge on any atom is -0.388 e. The molecule has 0 saturated carbocycles. The van der Waals surface area contributed by atoms with Crippen LogP contribution in [0.2, 0.25) is 0 Å². The molecule has 2 N–H and O–H groups in total. The number of rotatable bonds is 4. The van der Waals surface area contributed by atoms with Gasteiger partial charge in [0.15, 0.2) is 0 Å². The molecule has 60 valence electrons. The Balaban J connectivity index is 4.61. The molecule has 0 aliphatic heterocycles. The lowest BCUT2D eigenvalue weighted by atomic mass is 10.2. The highest BCUT2D eigenvalue weighted by Crippen LogP contribution is 2.02. The third kappa shape index (κ3) is 2.85. The SMILES string of the molecule is C=C/C=C(NC)\C(C=N)=C/C. The standard InChI is InChI=1S/C9H14N2/c1-4-6-9(11-3)8(5-2)7-10/h4-7,10-11H,1H2,2-3H3/b8-5-,9-6+,10-7?. The van der Waals surface area contributed by atoms with Crippen LogP contribution < -0.4 is 5.32 Å². The molecule has 0 aromatic carbocycles. The van der Waals surface area contributed by atoms with Gasteiger partial charge >= 0.3 is 0 Å². The van der Waals surface area contributed by atoms with Crippen LogP contribution in [0.15, 0.2) is 36.1 Å². The van der Waals surface area contributed by atoms with Gasteiger partial charge in [0.1, 0.15) is 0 Å². The van der Waals surface area contributed by atoms with Crippen LogP contribution >= 0.6 is 0 Å². The molecule has 0 fully saturated rings. The van der Waals surface area contributed by atoms with E-state index in [4.69, 9.17) is 5.41 Å². The van der Waals surface area contributed by atoms with Crippen LogP contribution in [0.4, 0.5) is 0 Å². The summed E-state index contributed by atoms with van der Waals surface area (Å²) in [4.78, 5) is 0. The molecule has 0 radical (unpaired) electrons. The largest absolute Gasteiger partial charge is 0.388 e. The first-order valence-electron chi connectivity index (χ1n) is 3.47. The Hall–Kier alpha value is -1.31. The molecule has 2 nitrogen and oxygen atoms in total. The Morgan fingerprint density at radius 1 is 1.55 bits per heavy atom. The van der Waals surface area contributed by atoms with Gasteiger partial charge in [0, 0.05) is 24.5 Å². The number of hydrogen-bond acceptors (Lipinski definition) is 2. The number of allylic oxidation sites excluding steroid dienone is 4. The van der Waals surface area contributed by atoms with Gasteiger partial charge in [-0.2, -0.15) is 0 Å². The lowest BCUT2D eigenvalue weighted by molar-refractivity contribution is 1.02. The zero-order chi connectivity index (χ0) is 8.69. The van der Waals surface area contributed by atoms with Crippen molar-refractivity contribution in [1.82, 2.24) is 5.32 Å². The summed E-state index contributed by atoms with van der Waals surface area (Å²) in [5.74, 6) is 0. The fraction of sp³-hybridized carbons (Fsp3) is 0.222. The molecule has 0 amide bonds. The number of hydrogen-bond donors (Lipinski definition) is 2. The first kappa shape index (κ1) is 9.69. The molecule has 11 heavy (non-hydrogen) atoms. The van der Waals surface area contributed by atoms with Crippen LogP contribution in [0.3, 0.4) is 0 Å². The number of likely N-dealkylation sites (N-methyl/N-ethyl adjacent to an activating group) is 1. The Bertz CT molecular complexity index is 200. The van der Waals surface area contributed by atoms with Crippen LogP contribution in [0, 0.1) is 5.41 Å². The summed E-state index contributed by atoms with van der Waals surface area (Å²) in [6.07, 6.45) is 6.71. The molecule has 0 unspecified atom stereocenters. The molecule has 0 heterocycles. The van der Waals surface area contributed by atoms with Gasteiger partial charge in [-0.25, -0.2) is 0 Å². The summed E-state index contributed by atoms with van der Waals surface area (Å²) >= 11 is 0. The van der Waals surface area contributed by atoms with Crippen molar-refractivity contribution in [2.24, 2.45) is 0 Å². The van der Waals surface area contributed by atoms with Crippen LogP contribution in [0.5, 0.6) is 0 Å². The summed E-state index contributed by atoms with van der Waals surface area (Å²) in [6.45, 7) is 5.48. The Labute approximate surface area is 67.8 Å². The van der Waals surface area contributed by atoms with E-state index in [0.717, 1.165) is 11.3 Å². The first-order valence-corrected chi connectivity index (χ1v) is 3.47. The highest BCUT2D eigenvalue weighted by Gasteiger charge is 1.95. The maximum absolute atomic E-state index is 7.06. The van der Waals surface area contributed by atoms with E-state index in [2.05, 4.69) is 11.9 Å². The van der Waals surface area contributed by atoms with E-state index in [1.807, 2.05) is 26.1 Å². The second-order valence-corrected chi connectivity index (χ2v) is 1.95. The van der Waals surface area contributed by atoms with Crippen molar-refractivity contribution >= 4 is 6.21 Å². The molecular formula is C9H14N2. The molecule has 0 saturated heterocycles. The zero-order valence-electron chi connectivity index (χ0n) is 7.02. The highest BCUT2D eigenvalue weighted by molar-refractivity contribution is 5.81. The Kier molecular flexibility index (Phi) is 4.82. The summed E-state index contributed by atoms with van der Waals surface area (Å²) < 4.78 is 0. The van der Waals surface area contributed by atoms with E-state index in [-0.39, 0.29) is 0 Å². The van der Waals surface area contributed by atoms with Crippen molar-refractivity contribution in [3.8, 4) is 0 Å². The van der Waals surface area contributed by atoms with Crippen molar-refractivity contribution in [2.75, 3.05) is 7.05 Å². The maximum atomic E-state index is 7.06. The topological polar surface area (TPSA) is 35.9 Å². The van der Waals surface area contributed by atoms with Gasteiger partial charge in [0.25, 0.3) is 0 Å². The molecule has 0 aromatic rings. The van der Waals surface area contributed by atoms with E-state index in [1.54, 1.807) is 6.08 Å². The smallest absolute Gasteiger partial charge is 0.0422 e. The first-order chi connectivity index (χ1) is 5.29. The van der Waals surface area contributed by atoms with E-state index in [9.17, 15) is 0 Å². The average Bonchev–Trinajstić information content (AvgIpc) is 2.05. The monoisotopic (exact) mass is 150 g/mol. The van der Waals surface area contributed by atoms with Crippen molar-refractivity contribution in [1.29, 1.82) is 5.41 Å². The molecule has 2 heteroatoms. The predicted octanol–water partition coefficient (Wildman–Crippen LogP) is 1.87. The molecule has 0 aliphatic carbocycles. The van der Waals surface area contributed by atoms with Gasteiger partial charge in [0.05, 0.1) is 0 Å². The van der Waals surface area contributed by atoms with E-state index in [1.165, 1.54) is 6.21 Å². The Morgan fingerprint density at radius 3 is 2.45 bits per heavy atom. The maximum Gasteiger partial charge on any atom is 0.0422 e. The van der Waals surface area contributed by atoms with Gasteiger partial charge in [-0.3, -0.25) is 0 Å². The average molecular weight is 150 g/mol. The minimum atomic E-state index is 0.868. The normalized spacial score (nSPS) is 12.5. The Morgan fingerprint density at radius 2 is 2.18 bits per heavy atom. The molecule has 0 atom stereocenters. The van der Waals surface area contributed by atoms with Crippen LogP contribution in [0.1, 0.15) is 6.92 Å². The molecule has 0 bridgehead atoms. The second kappa shape index (κ2) is 5.47. The van der Waals surface area contributed by atoms with Gasteiger partial charge in [-0.05, 0) is 13.0 Å². The van der Waals surface area contributed by atoms with E-state index < -0.39 is 0 Å². The van der Waals surface area contributed by atoms with Gasteiger partial charge in [0.2, 0.25) is 0 Å². The molecule has 0 aromatic heterocycles. The fourth-order valence-corrected chi connectivity index (χ4v) is 0.758. The van der Waals surface area contributed by atoms with E-state index in [0.29, 0.717) is 0 Å². The number of nitrogens with one attached hydrogen (secondary N) is 2. The van der Waals surface area contributed by atoms with Crippen molar-refractivity contribution in [2.45, 2.75) is 6.92 Å². The third-order valence-electron chi connectivity index (χ3n) is 1.33. The van der Waals surface area contributed by atoms with Crippen molar-refractivity contribution in [3.63, 3.8) is 0 Å². The molecule has 0 spiro atoms. The quantitative estimate of drug-likeness (QED) is 0.466. The van der Waals surface area contributed by atoms with Gasteiger partial charge in [-0.1, -0.05) is 18.7 Å². The van der Waals surface area contributed by atoms with Crippen LogP contribution in [-0.4, -0.2) is 13.3 Å². The molecule has 0 rings (SSSR count). The van der Waals surface area contributed by atoms with Crippen molar-refractivity contribution < 1.29 is 0 Å². The van der Waals surface area contributed by atoms with Crippen molar-refractivity contribution in [3.05, 3.63) is 36.1 Å². The summed E-state index contributed by atoms with van der Waals surface area (Å²) in [5, 5.41) is 10.0. The predicted molar refractivity (Wildman–Crippen MR) is 49.9 cm³/mol.